The Morgan fingerprint density at radius 1 is 1.29 bits per heavy atom. The van der Waals surface area contributed by atoms with E-state index in [2.05, 4.69) is 33.1 Å². The molecule has 0 spiro atoms. The molecule has 0 amide bonds. The van der Waals surface area contributed by atoms with Gasteiger partial charge < -0.3 is 10.5 Å². The average Bonchev–Trinajstić information content (AvgIpc) is 2.49. The molecule has 112 valence electrons. The quantitative estimate of drug-likeness (QED) is 0.898. The van der Waals surface area contributed by atoms with Crippen LogP contribution in [0.3, 0.4) is 0 Å². The third-order valence-corrected chi connectivity index (χ3v) is 4.23. The van der Waals surface area contributed by atoms with Gasteiger partial charge in [0.15, 0.2) is 0 Å². The highest BCUT2D eigenvalue weighted by Gasteiger charge is 2.15. The van der Waals surface area contributed by atoms with Crippen LogP contribution in [0.5, 0.6) is 5.75 Å². The molecule has 1 aromatic heterocycles. The minimum atomic E-state index is -0.113. The standard InChI is InChI=1S/C16H20BrN3O/c1-4-16-13(7-10(2)19-20-16)15(18)9-11-8-12(21-3)5-6-14(11)17/h5-8,15H,4,9,18H2,1-3H3. The number of nitrogens with zero attached hydrogens (tertiary/aromatic N) is 2. The summed E-state index contributed by atoms with van der Waals surface area (Å²) in [6, 6.07) is 7.84. The summed E-state index contributed by atoms with van der Waals surface area (Å²) in [7, 11) is 1.66. The summed E-state index contributed by atoms with van der Waals surface area (Å²) >= 11 is 3.57. The molecule has 1 aromatic carbocycles. The zero-order valence-electron chi connectivity index (χ0n) is 12.6. The number of nitrogens with two attached hydrogens (primary N) is 1. The number of methoxy groups -OCH3 is 1. The van der Waals surface area contributed by atoms with Crippen LogP contribution in [0.2, 0.25) is 0 Å². The molecule has 2 rings (SSSR count). The summed E-state index contributed by atoms with van der Waals surface area (Å²) in [4.78, 5) is 0. The van der Waals surface area contributed by atoms with Crippen LogP contribution >= 0.6 is 15.9 Å². The van der Waals surface area contributed by atoms with E-state index in [-0.39, 0.29) is 6.04 Å². The highest BCUT2D eigenvalue weighted by molar-refractivity contribution is 9.10. The molecule has 21 heavy (non-hydrogen) atoms. The van der Waals surface area contributed by atoms with Crippen molar-refractivity contribution in [3.05, 3.63) is 51.3 Å². The van der Waals surface area contributed by atoms with Crippen LogP contribution in [-0.4, -0.2) is 17.3 Å². The van der Waals surface area contributed by atoms with Gasteiger partial charge in [-0.2, -0.15) is 10.2 Å². The second kappa shape index (κ2) is 7.00. The molecule has 0 saturated heterocycles. The fraction of sp³-hybridized carbons (Fsp3) is 0.375. The molecule has 0 aliphatic carbocycles. The normalized spacial score (nSPS) is 12.2. The maximum absolute atomic E-state index is 6.40. The van der Waals surface area contributed by atoms with Crippen molar-refractivity contribution in [3.8, 4) is 5.75 Å². The first-order chi connectivity index (χ1) is 10.0. The minimum Gasteiger partial charge on any atom is -0.497 e. The van der Waals surface area contributed by atoms with E-state index in [0.717, 1.165) is 45.6 Å². The van der Waals surface area contributed by atoms with Crippen LogP contribution in [0.25, 0.3) is 0 Å². The van der Waals surface area contributed by atoms with Gasteiger partial charge in [0.05, 0.1) is 18.5 Å². The van der Waals surface area contributed by atoms with Crippen molar-refractivity contribution in [3.63, 3.8) is 0 Å². The van der Waals surface area contributed by atoms with E-state index in [4.69, 9.17) is 10.5 Å². The lowest BCUT2D eigenvalue weighted by Crippen LogP contribution is -2.17. The third kappa shape index (κ3) is 3.80. The first-order valence-electron chi connectivity index (χ1n) is 6.96. The summed E-state index contributed by atoms with van der Waals surface area (Å²) in [5.74, 6) is 0.833. The van der Waals surface area contributed by atoms with Gasteiger partial charge in [-0.3, -0.25) is 0 Å². The zero-order chi connectivity index (χ0) is 15.4. The van der Waals surface area contributed by atoms with Crippen molar-refractivity contribution in [2.75, 3.05) is 7.11 Å². The summed E-state index contributed by atoms with van der Waals surface area (Å²) in [5.41, 5.74) is 10.5. The Labute approximate surface area is 133 Å². The SMILES string of the molecule is CCc1nnc(C)cc1C(N)Cc1cc(OC)ccc1Br. The van der Waals surface area contributed by atoms with Gasteiger partial charge in [0, 0.05) is 10.5 Å². The van der Waals surface area contributed by atoms with E-state index in [1.807, 2.05) is 31.2 Å². The molecule has 1 heterocycles. The van der Waals surface area contributed by atoms with Crippen molar-refractivity contribution in [1.82, 2.24) is 10.2 Å². The number of aromatic nitrogens is 2. The number of rotatable bonds is 5. The molecule has 2 aromatic rings. The van der Waals surface area contributed by atoms with E-state index in [9.17, 15) is 0 Å². The number of aryl methyl sites for hydroxylation is 2. The van der Waals surface area contributed by atoms with Gasteiger partial charge in [0.1, 0.15) is 5.75 Å². The Morgan fingerprint density at radius 2 is 2.05 bits per heavy atom. The van der Waals surface area contributed by atoms with E-state index >= 15 is 0 Å². The number of halogens is 1. The second-order valence-electron chi connectivity index (χ2n) is 5.01. The maximum atomic E-state index is 6.40. The fourth-order valence-corrected chi connectivity index (χ4v) is 2.72. The highest BCUT2D eigenvalue weighted by atomic mass is 79.9. The van der Waals surface area contributed by atoms with Crippen LogP contribution in [-0.2, 0) is 12.8 Å². The Morgan fingerprint density at radius 3 is 2.71 bits per heavy atom. The predicted octanol–water partition coefficient (Wildman–Crippen LogP) is 3.36. The van der Waals surface area contributed by atoms with Gasteiger partial charge >= 0.3 is 0 Å². The van der Waals surface area contributed by atoms with Crippen LogP contribution in [0, 0.1) is 6.92 Å². The van der Waals surface area contributed by atoms with Crippen LogP contribution in [0.1, 0.15) is 35.5 Å². The molecule has 0 bridgehead atoms. The Kier molecular flexibility index (Phi) is 5.31. The zero-order valence-corrected chi connectivity index (χ0v) is 14.1. The molecule has 1 unspecified atom stereocenters. The molecule has 0 fully saturated rings. The largest absolute Gasteiger partial charge is 0.497 e. The summed E-state index contributed by atoms with van der Waals surface area (Å²) in [5, 5.41) is 8.36. The van der Waals surface area contributed by atoms with Crippen molar-refractivity contribution in [2.45, 2.75) is 32.7 Å². The second-order valence-corrected chi connectivity index (χ2v) is 5.86. The van der Waals surface area contributed by atoms with Crippen molar-refractivity contribution in [1.29, 1.82) is 0 Å². The van der Waals surface area contributed by atoms with E-state index < -0.39 is 0 Å². The van der Waals surface area contributed by atoms with Crippen LogP contribution in [0.4, 0.5) is 0 Å². The molecular formula is C16H20BrN3O. The maximum Gasteiger partial charge on any atom is 0.119 e. The van der Waals surface area contributed by atoms with Crippen LogP contribution < -0.4 is 10.5 Å². The van der Waals surface area contributed by atoms with Crippen molar-refractivity contribution < 1.29 is 4.74 Å². The summed E-state index contributed by atoms with van der Waals surface area (Å²) in [6.07, 6.45) is 1.55. The predicted molar refractivity (Wildman–Crippen MR) is 87.5 cm³/mol. The first kappa shape index (κ1) is 15.9. The number of hydrogen-bond acceptors (Lipinski definition) is 4. The molecular weight excluding hydrogens is 330 g/mol. The summed E-state index contributed by atoms with van der Waals surface area (Å²) < 4.78 is 6.31. The van der Waals surface area contributed by atoms with E-state index in [1.54, 1.807) is 7.11 Å². The Balaban J connectivity index is 2.29. The minimum absolute atomic E-state index is 0.113. The molecule has 5 heteroatoms. The van der Waals surface area contributed by atoms with Gasteiger partial charge in [-0.1, -0.05) is 22.9 Å². The fourth-order valence-electron chi connectivity index (χ4n) is 2.31. The number of ether oxygens (including phenoxy) is 1. The Hall–Kier alpha value is -1.46. The molecule has 0 aliphatic heterocycles. The molecule has 0 radical (unpaired) electrons. The van der Waals surface area contributed by atoms with Crippen molar-refractivity contribution in [2.24, 2.45) is 5.73 Å². The summed E-state index contributed by atoms with van der Waals surface area (Å²) in [6.45, 7) is 4.00. The molecule has 4 nitrogen and oxygen atoms in total. The van der Waals surface area contributed by atoms with Gasteiger partial charge in [-0.05, 0) is 55.2 Å². The van der Waals surface area contributed by atoms with Crippen LogP contribution in [0.15, 0.2) is 28.7 Å². The lowest BCUT2D eigenvalue weighted by atomic mass is 9.97. The molecule has 2 N–H and O–H groups in total. The Bertz CT molecular complexity index is 631. The smallest absolute Gasteiger partial charge is 0.119 e. The van der Waals surface area contributed by atoms with Gasteiger partial charge in [0.2, 0.25) is 0 Å². The average molecular weight is 350 g/mol. The molecule has 0 aliphatic rings. The molecule has 1 atom stereocenters. The van der Waals surface area contributed by atoms with Gasteiger partial charge in [0.25, 0.3) is 0 Å². The highest BCUT2D eigenvalue weighted by Crippen LogP contribution is 2.27. The lowest BCUT2D eigenvalue weighted by Gasteiger charge is -2.16. The van der Waals surface area contributed by atoms with E-state index in [1.165, 1.54) is 0 Å². The van der Waals surface area contributed by atoms with Gasteiger partial charge in [-0.15, -0.1) is 0 Å². The topological polar surface area (TPSA) is 61.0 Å². The lowest BCUT2D eigenvalue weighted by molar-refractivity contribution is 0.414. The van der Waals surface area contributed by atoms with E-state index in [0.29, 0.717) is 0 Å². The number of benzene rings is 1. The van der Waals surface area contributed by atoms with Crippen molar-refractivity contribution >= 4 is 15.9 Å². The first-order valence-corrected chi connectivity index (χ1v) is 7.75. The third-order valence-electron chi connectivity index (χ3n) is 3.45. The van der Waals surface area contributed by atoms with Gasteiger partial charge in [-0.25, -0.2) is 0 Å². The number of hydrogen-bond donors (Lipinski definition) is 1. The molecule has 0 saturated carbocycles. The monoisotopic (exact) mass is 349 g/mol.